The molecule has 0 radical (unpaired) electrons. The van der Waals surface area contributed by atoms with Crippen LogP contribution in [-0.2, 0) is 4.74 Å². The van der Waals surface area contributed by atoms with E-state index in [1.807, 2.05) is 29.8 Å². The van der Waals surface area contributed by atoms with Crippen molar-refractivity contribution in [2.75, 3.05) is 35.7 Å². The largest absolute Gasteiger partial charge is 0.381 e. The molecule has 1 aliphatic carbocycles. The van der Waals surface area contributed by atoms with E-state index >= 15 is 0 Å². The Morgan fingerprint density at radius 2 is 1.85 bits per heavy atom. The number of nitrogens with zero attached hydrogens (tertiary/aromatic N) is 5. The summed E-state index contributed by atoms with van der Waals surface area (Å²) in [5.74, 6) is 2.04. The lowest BCUT2D eigenvalue weighted by Gasteiger charge is -2.29. The maximum atomic E-state index is 5.57. The summed E-state index contributed by atoms with van der Waals surface area (Å²) in [7, 11) is 1.82. The molecule has 8 heteroatoms. The van der Waals surface area contributed by atoms with Gasteiger partial charge in [0.15, 0.2) is 5.65 Å². The third kappa shape index (κ3) is 4.00. The Labute approximate surface area is 200 Å². The zero-order valence-electron chi connectivity index (χ0n) is 20.0. The van der Waals surface area contributed by atoms with Crippen molar-refractivity contribution in [3.8, 4) is 0 Å². The molecule has 178 valence electrons. The fourth-order valence-electron chi connectivity index (χ4n) is 5.45. The Kier molecular flexibility index (Phi) is 5.61. The van der Waals surface area contributed by atoms with Crippen LogP contribution in [0.25, 0.3) is 5.65 Å². The van der Waals surface area contributed by atoms with Crippen molar-refractivity contribution in [3.05, 3.63) is 42.1 Å². The van der Waals surface area contributed by atoms with Gasteiger partial charge < -0.3 is 20.3 Å². The third-order valence-corrected chi connectivity index (χ3v) is 7.39. The van der Waals surface area contributed by atoms with Gasteiger partial charge in [0.05, 0.1) is 29.2 Å². The monoisotopic (exact) mass is 459 g/mol. The minimum Gasteiger partial charge on any atom is -0.381 e. The van der Waals surface area contributed by atoms with Crippen molar-refractivity contribution in [1.82, 2.24) is 14.6 Å². The highest BCUT2D eigenvalue weighted by atomic mass is 16.5. The average molecular weight is 460 g/mol. The van der Waals surface area contributed by atoms with E-state index < -0.39 is 0 Å². The first kappa shape index (κ1) is 21.4. The van der Waals surface area contributed by atoms with Crippen molar-refractivity contribution in [2.45, 2.75) is 63.6 Å². The van der Waals surface area contributed by atoms with Gasteiger partial charge in [-0.05, 0) is 57.6 Å². The molecule has 3 aromatic rings. The summed E-state index contributed by atoms with van der Waals surface area (Å²) in [5.41, 5.74) is 4.68. The highest BCUT2D eigenvalue weighted by molar-refractivity contribution is 6.08. The van der Waals surface area contributed by atoms with Crippen LogP contribution >= 0.6 is 0 Å². The van der Waals surface area contributed by atoms with Crippen LogP contribution in [-0.4, -0.2) is 58.7 Å². The lowest BCUT2D eigenvalue weighted by Crippen LogP contribution is -2.30. The van der Waals surface area contributed by atoms with Gasteiger partial charge in [0.1, 0.15) is 17.3 Å². The molecule has 2 N–H and O–H groups in total. The van der Waals surface area contributed by atoms with Crippen molar-refractivity contribution in [3.63, 3.8) is 0 Å². The number of fused-ring (bicyclic) bond motifs is 2. The van der Waals surface area contributed by atoms with E-state index in [1.54, 1.807) is 0 Å². The lowest BCUT2D eigenvalue weighted by molar-refractivity contribution is 0.0681. The number of benzene rings is 1. The van der Waals surface area contributed by atoms with Crippen LogP contribution < -0.4 is 15.5 Å². The standard InChI is InChI=1S/C26H33N7O/c1-17-26(29-21-8-4-3-7-20(21)27-17)22-15-24-30-23(32-13-5-6-14-32)16-25(33(24)31-22)28-18-9-11-19(34-2)12-10-18/h3-4,7-8,15-19,27-28H,5-6,9-14H2,1-2H3. The molecule has 0 spiro atoms. The molecule has 0 bridgehead atoms. The minimum atomic E-state index is 0.0681. The van der Waals surface area contributed by atoms with Gasteiger partial charge in [-0.2, -0.15) is 9.61 Å². The second-order valence-electron chi connectivity index (χ2n) is 9.73. The van der Waals surface area contributed by atoms with Crippen LogP contribution in [0.2, 0.25) is 0 Å². The molecule has 2 fully saturated rings. The number of ether oxygens (including phenoxy) is 1. The van der Waals surface area contributed by atoms with E-state index in [1.165, 1.54) is 12.8 Å². The summed E-state index contributed by atoms with van der Waals surface area (Å²) in [6.07, 6.45) is 7.20. The summed E-state index contributed by atoms with van der Waals surface area (Å²) < 4.78 is 7.54. The first-order valence-corrected chi connectivity index (χ1v) is 12.6. The van der Waals surface area contributed by atoms with Gasteiger partial charge in [-0.3, -0.25) is 0 Å². The van der Waals surface area contributed by atoms with Gasteiger partial charge >= 0.3 is 0 Å². The summed E-state index contributed by atoms with van der Waals surface area (Å²) in [6, 6.07) is 12.9. The molecule has 8 nitrogen and oxygen atoms in total. The van der Waals surface area contributed by atoms with Crippen LogP contribution in [0.1, 0.15) is 51.1 Å². The Hall–Kier alpha value is -3.13. The lowest BCUT2D eigenvalue weighted by atomic mass is 9.93. The topological polar surface area (TPSA) is 79.1 Å². The molecule has 0 amide bonds. The fraction of sp³-hybridized carbons (Fsp3) is 0.500. The molecule has 1 saturated carbocycles. The minimum absolute atomic E-state index is 0.0681. The molecule has 4 heterocycles. The number of hydrogen-bond donors (Lipinski definition) is 2. The SMILES string of the molecule is COC1CCC(Nc2cc(N3CCCC3)nc3cc(C4=Nc5ccccc5NC4C)nn23)CC1. The van der Waals surface area contributed by atoms with Crippen LogP contribution in [0.3, 0.4) is 0 Å². The van der Waals surface area contributed by atoms with E-state index in [9.17, 15) is 0 Å². The number of rotatable bonds is 5. The van der Waals surface area contributed by atoms with Gasteiger partial charge in [-0.15, -0.1) is 0 Å². The smallest absolute Gasteiger partial charge is 0.160 e. The Balaban J connectivity index is 1.38. The third-order valence-electron chi connectivity index (χ3n) is 7.39. The molecule has 1 saturated heterocycles. The molecule has 1 unspecified atom stereocenters. The van der Waals surface area contributed by atoms with Gasteiger partial charge in [0.2, 0.25) is 0 Å². The molecule has 34 heavy (non-hydrogen) atoms. The normalized spacial score (nSPS) is 24.6. The Morgan fingerprint density at radius 3 is 2.65 bits per heavy atom. The number of aromatic nitrogens is 3. The Morgan fingerprint density at radius 1 is 1.06 bits per heavy atom. The van der Waals surface area contributed by atoms with E-state index in [2.05, 4.69) is 40.7 Å². The summed E-state index contributed by atoms with van der Waals surface area (Å²) in [6.45, 7) is 4.26. The zero-order valence-corrected chi connectivity index (χ0v) is 20.0. The number of para-hydroxylation sites is 2. The van der Waals surface area contributed by atoms with E-state index in [0.29, 0.717) is 12.1 Å². The van der Waals surface area contributed by atoms with Crippen molar-refractivity contribution < 1.29 is 4.74 Å². The van der Waals surface area contributed by atoms with Crippen molar-refractivity contribution in [1.29, 1.82) is 0 Å². The van der Waals surface area contributed by atoms with Crippen molar-refractivity contribution in [2.24, 2.45) is 4.99 Å². The molecule has 1 atom stereocenters. The molecular formula is C26H33N7O. The highest BCUT2D eigenvalue weighted by Crippen LogP contribution is 2.32. The summed E-state index contributed by atoms with van der Waals surface area (Å²) in [5, 5.41) is 12.4. The van der Waals surface area contributed by atoms with Crippen LogP contribution in [0.4, 0.5) is 23.0 Å². The second kappa shape index (κ2) is 8.91. The van der Waals surface area contributed by atoms with Crippen LogP contribution in [0.5, 0.6) is 0 Å². The second-order valence-corrected chi connectivity index (χ2v) is 9.73. The quantitative estimate of drug-likeness (QED) is 0.579. The van der Waals surface area contributed by atoms with E-state index in [4.69, 9.17) is 19.8 Å². The van der Waals surface area contributed by atoms with Gasteiger partial charge in [-0.1, -0.05) is 12.1 Å². The van der Waals surface area contributed by atoms with Crippen LogP contribution in [0, 0.1) is 0 Å². The van der Waals surface area contributed by atoms with E-state index in [-0.39, 0.29) is 6.04 Å². The van der Waals surface area contributed by atoms with Gasteiger partial charge in [0.25, 0.3) is 0 Å². The molecular weight excluding hydrogens is 426 g/mol. The van der Waals surface area contributed by atoms with Gasteiger partial charge in [-0.25, -0.2) is 9.98 Å². The maximum Gasteiger partial charge on any atom is 0.160 e. The van der Waals surface area contributed by atoms with E-state index in [0.717, 1.165) is 78.8 Å². The number of methoxy groups -OCH3 is 1. The average Bonchev–Trinajstić information content (AvgIpc) is 3.54. The number of aliphatic imine (C=N–C) groups is 1. The zero-order chi connectivity index (χ0) is 23.1. The fourth-order valence-corrected chi connectivity index (χ4v) is 5.45. The predicted molar refractivity (Wildman–Crippen MR) is 137 cm³/mol. The molecule has 3 aliphatic rings. The number of hydrogen-bond acceptors (Lipinski definition) is 7. The molecule has 1 aromatic carbocycles. The molecule has 2 aliphatic heterocycles. The summed E-state index contributed by atoms with van der Waals surface area (Å²) in [4.78, 5) is 12.4. The van der Waals surface area contributed by atoms with Crippen molar-refractivity contribution >= 4 is 34.4 Å². The van der Waals surface area contributed by atoms with Crippen LogP contribution in [0.15, 0.2) is 41.4 Å². The Bertz CT molecular complexity index is 1210. The summed E-state index contributed by atoms with van der Waals surface area (Å²) >= 11 is 0. The number of anilines is 3. The maximum absolute atomic E-state index is 5.57. The highest BCUT2D eigenvalue weighted by Gasteiger charge is 2.26. The van der Waals surface area contributed by atoms with Gasteiger partial charge in [0, 0.05) is 38.4 Å². The first-order chi connectivity index (χ1) is 16.7. The molecule has 2 aromatic heterocycles. The number of nitrogens with one attached hydrogen (secondary N) is 2. The molecule has 6 rings (SSSR count). The predicted octanol–water partition coefficient (Wildman–Crippen LogP) is 4.63. The first-order valence-electron chi connectivity index (χ1n) is 12.6.